The molecule has 0 saturated carbocycles. The zero-order chi connectivity index (χ0) is 13.9. The second-order valence-electron chi connectivity index (χ2n) is 5.18. The molecular weight excluding hydrogens is 250 g/mol. The highest BCUT2D eigenvalue weighted by atomic mass is 16.5. The number of hydrogen-bond acceptors (Lipinski definition) is 3. The first-order valence-electron chi connectivity index (χ1n) is 7.22. The summed E-state index contributed by atoms with van der Waals surface area (Å²) in [6, 6.07) is 8.67. The highest BCUT2D eigenvalue weighted by Crippen LogP contribution is 2.36. The molecule has 2 heterocycles. The van der Waals surface area contributed by atoms with Gasteiger partial charge in [0, 0.05) is 42.9 Å². The Hall–Kier alpha value is -1.81. The van der Waals surface area contributed by atoms with Crippen LogP contribution < -0.4 is 10.1 Å². The van der Waals surface area contributed by atoms with Gasteiger partial charge >= 0.3 is 0 Å². The molecule has 1 aromatic heterocycles. The van der Waals surface area contributed by atoms with E-state index in [2.05, 4.69) is 40.0 Å². The van der Waals surface area contributed by atoms with Gasteiger partial charge in [0.25, 0.3) is 0 Å². The molecule has 1 aliphatic heterocycles. The van der Waals surface area contributed by atoms with Gasteiger partial charge in [-0.25, -0.2) is 4.98 Å². The monoisotopic (exact) mass is 271 g/mol. The number of benzene rings is 1. The molecule has 0 fully saturated rings. The normalized spacial score (nSPS) is 18.6. The lowest BCUT2D eigenvalue weighted by Gasteiger charge is -2.22. The Morgan fingerprint density at radius 3 is 3.10 bits per heavy atom. The second-order valence-corrected chi connectivity index (χ2v) is 5.18. The Morgan fingerprint density at radius 2 is 2.30 bits per heavy atom. The lowest BCUT2D eigenvalue weighted by molar-refractivity contribution is 0.300. The summed E-state index contributed by atoms with van der Waals surface area (Å²) in [5, 5.41) is 3.44. The number of ether oxygens (including phenoxy) is 1. The molecule has 2 unspecified atom stereocenters. The third-order valence-corrected chi connectivity index (χ3v) is 4.14. The molecule has 2 aromatic rings. The summed E-state index contributed by atoms with van der Waals surface area (Å²) in [4.78, 5) is 4.48. The number of fused-ring (bicyclic) bond motifs is 1. The summed E-state index contributed by atoms with van der Waals surface area (Å²) >= 11 is 0. The van der Waals surface area contributed by atoms with E-state index in [0.717, 1.165) is 31.1 Å². The van der Waals surface area contributed by atoms with E-state index < -0.39 is 0 Å². The standard InChI is InChI=1S/C16H21N3O/c1-3-19-9-8-18-16(19)10-14(17-2)13-11-20-15-7-5-4-6-12(13)15/h4-9,13-14,17H,3,10-11H2,1-2H3. The van der Waals surface area contributed by atoms with Crippen LogP contribution in [0.4, 0.5) is 0 Å². The van der Waals surface area contributed by atoms with Gasteiger partial charge in [0.05, 0.1) is 6.61 Å². The van der Waals surface area contributed by atoms with Crippen LogP contribution in [0.25, 0.3) is 0 Å². The topological polar surface area (TPSA) is 39.1 Å². The van der Waals surface area contributed by atoms with E-state index in [1.807, 2.05) is 25.5 Å². The van der Waals surface area contributed by atoms with Gasteiger partial charge in [-0.2, -0.15) is 0 Å². The molecule has 106 valence electrons. The van der Waals surface area contributed by atoms with Crippen molar-refractivity contribution < 1.29 is 4.74 Å². The summed E-state index contributed by atoms with van der Waals surface area (Å²) in [5.74, 6) is 2.55. The van der Waals surface area contributed by atoms with Gasteiger partial charge in [-0.1, -0.05) is 18.2 Å². The molecular formula is C16H21N3O. The molecule has 0 spiro atoms. The maximum Gasteiger partial charge on any atom is 0.122 e. The van der Waals surface area contributed by atoms with E-state index in [0.29, 0.717) is 12.0 Å². The van der Waals surface area contributed by atoms with E-state index in [4.69, 9.17) is 4.74 Å². The van der Waals surface area contributed by atoms with Gasteiger partial charge in [0.15, 0.2) is 0 Å². The quantitative estimate of drug-likeness (QED) is 0.906. The minimum absolute atomic E-state index is 0.339. The fraction of sp³-hybridized carbons (Fsp3) is 0.438. The predicted octanol–water partition coefficient (Wildman–Crippen LogP) is 2.21. The van der Waals surface area contributed by atoms with E-state index >= 15 is 0 Å². The third kappa shape index (κ3) is 2.31. The van der Waals surface area contributed by atoms with Crippen LogP contribution in [-0.2, 0) is 13.0 Å². The molecule has 0 saturated heterocycles. The van der Waals surface area contributed by atoms with Crippen LogP contribution in [0.1, 0.15) is 24.2 Å². The van der Waals surface area contributed by atoms with Crippen molar-refractivity contribution in [1.82, 2.24) is 14.9 Å². The van der Waals surface area contributed by atoms with Gasteiger partial charge in [0.2, 0.25) is 0 Å². The highest BCUT2D eigenvalue weighted by molar-refractivity contribution is 5.40. The van der Waals surface area contributed by atoms with Crippen molar-refractivity contribution in [1.29, 1.82) is 0 Å². The molecule has 3 rings (SSSR count). The number of aryl methyl sites for hydroxylation is 1. The van der Waals surface area contributed by atoms with Crippen molar-refractivity contribution in [2.45, 2.75) is 31.8 Å². The summed E-state index contributed by atoms with van der Waals surface area (Å²) in [5.41, 5.74) is 1.31. The van der Waals surface area contributed by atoms with Crippen molar-refractivity contribution >= 4 is 0 Å². The van der Waals surface area contributed by atoms with Crippen molar-refractivity contribution in [3.05, 3.63) is 48.0 Å². The SMILES string of the molecule is CCn1ccnc1CC(NC)C1COc2ccccc21. The minimum atomic E-state index is 0.339. The van der Waals surface area contributed by atoms with E-state index in [9.17, 15) is 0 Å². The molecule has 4 nitrogen and oxygen atoms in total. The smallest absolute Gasteiger partial charge is 0.122 e. The van der Waals surface area contributed by atoms with Gasteiger partial charge < -0.3 is 14.6 Å². The second kappa shape index (κ2) is 5.67. The zero-order valence-corrected chi connectivity index (χ0v) is 12.0. The number of nitrogens with one attached hydrogen (secondary N) is 1. The lowest BCUT2D eigenvalue weighted by atomic mass is 9.91. The third-order valence-electron chi connectivity index (χ3n) is 4.14. The fourth-order valence-corrected chi connectivity index (χ4v) is 2.98. The number of aromatic nitrogens is 2. The van der Waals surface area contributed by atoms with Gasteiger partial charge in [-0.05, 0) is 20.0 Å². The molecule has 0 aliphatic carbocycles. The maximum absolute atomic E-state index is 5.80. The number of likely N-dealkylation sites (N-methyl/N-ethyl adjacent to an activating group) is 1. The number of para-hydroxylation sites is 1. The Bertz CT molecular complexity index is 579. The van der Waals surface area contributed by atoms with Crippen molar-refractivity contribution in [2.24, 2.45) is 0 Å². The Kier molecular flexibility index (Phi) is 3.74. The van der Waals surface area contributed by atoms with Crippen LogP contribution in [0.15, 0.2) is 36.7 Å². The van der Waals surface area contributed by atoms with Crippen molar-refractivity contribution in [2.75, 3.05) is 13.7 Å². The van der Waals surface area contributed by atoms with Crippen LogP contribution in [-0.4, -0.2) is 29.2 Å². The molecule has 2 atom stereocenters. The molecule has 20 heavy (non-hydrogen) atoms. The van der Waals surface area contributed by atoms with E-state index in [1.165, 1.54) is 5.56 Å². The van der Waals surface area contributed by atoms with Crippen LogP contribution in [0.5, 0.6) is 5.75 Å². The molecule has 1 aromatic carbocycles. The molecule has 4 heteroatoms. The fourth-order valence-electron chi connectivity index (χ4n) is 2.98. The summed E-state index contributed by atoms with van der Waals surface area (Å²) < 4.78 is 8.00. The van der Waals surface area contributed by atoms with Crippen LogP contribution in [0, 0.1) is 0 Å². The average Bonchev–Trinajstić information content (AvgIpc) is 3.11. The van der Waals surface area contributed by atoms with E-state index in [1.54, 1.807) is 0 Å². The Morgan fingerprint density at radius 1 is 1.45 bits per heavy atom. The minimum Gasteiger partial charge on any atom is -0.493 e. The van der Waals surface area contributed by atoms with Crippen LogP contribution >= 0.6 is 0 Å². The zero-order valence-electron chi connectivity index (χ0n) is 12.0. The first-order chi connectivity index (χ1) is 9.83. The molecule has 0 amide bonds. The van der Waals surface area contributed by atoms with Gasteiger partial charge in [-0.15, -0.1) is 0 Å². The van der Waals surface area contributed by atoms with Gasteiger partial charge in [0.1, 0.15) is 11.6 Å². The summed E-state index contributed by atoms with van der Waals surface area (Å²) in [6.07, 6.45) is 4.84. The number of nitrogens with zero attached hydrogens (tertiary/aromatic N) is 2. The first kappa shape index (κ1) is 13.2. The average molecular weight is 271 g/mol. The number of imidazole rings is 1. The summed E-state index contributed by atoms with van der Waals surface area (Å²) in [6.45, 7) is 3.86. The lowest BCUT2D eigenvalue weighted by Crippen LogP contribution is -2.35. The summed E-state index contributed by atoms with van der Waals surface area (Å²) in [7, 11) is 2.02. The Labute approximate surface area is 119 Å². The van der Waals surface area contributed by atoms with Gasteiger partial charge in [-0.3, -0.25) is 0 Å². The number of hydrogen-bond donors (Lipinski definition) is 1. The highest BCUT2D eigenvalue weighted by Gasteiger charge is 2.31. The van der Waals surface area contributed by atoms with E-state index in [-0.39, 0.29) is 0 Å². The molecule has 1 aliphatic rings. The molecule has 0 bridgehead atoms. The largest absolute Gasteiger partial charge is 0.493 e. The number of rotatable bonds is 5. The first-order valence-corrected chi connectivity index (χ1v) is 7.22. The molecule has 0 radical (unpaired) electrons. The predicted molar refractivity (Wildman–Crippen MR) is 79.1 cm³/mol. The maximum atomic E-state index is 5.80. The Balaban J connectivity index is 1.81. The molecule has 1 N–H and O–H groups in total. The van der Waals surface area contributed by atoms with Crippen LogP contribution in [0.3, 0.4) is 0 Å². The van der Waals surface area contributed by atoms with Crippen molar-refractivity contribution in [3.63, 3.8) is 0 Å². The van der Waals surface area contributed by atoms with Crippen LogP contribution in [0.2, 0.25) is 0 Å². The van der Waals surface area contributed by atoms with Crippen molar-refractivity contribution in [3.8, 4) is 5.75 Å².